The molecule has 5 rings (SSSR count). The van der Waals surface area contributed by atoms with Gasteiger partial charge in [0.25, 0.3) is 0 Å². The van der Waals surface area contributed by atoms with Crippen molar-refractivity contribution in [2.24, 2.45) is 0 Å². The molecule has 0 aliphatic carbocycles. The second kappa shape index (κ2) is 9.94. The van der Waals surface area contributed by atoms with Gasteiger partial charge in [-0.15, -0.1) is 0 Å². The van der Waals surface area contributed by atoms with Crippen LogP contribution in [0.1, 0.15) is 5.56 Å². The van der Waals surface area contributed by atoms with Gasteiger partial charge in [0.05, 0.1) is 5.52 Å². The Morgan fingerprint density at radius 2 is 1.56 bits per heavy atom. The molecule has 0 radical (unpaired) electrons. The van der Waals surface area contributed by atoms with Crippen LogP contribution in [0, 0.1) is 6.92 Å². The molecule has 0 amide bonds. The lowest BCUT2D eigenvalue weighted by molar-refractivity contribution is 0.312. The maximum absolute atomic E-state index is 6.03. The molecule has 2 aliphatic rings. The Labute approximate surface area is 212 Å². The molecular weight excluding hydrogens is 464 g/mol. The van der Waals surface area contributed by atoms with Gasteiger partial charge in [-0.2, -0.15) is 0 Å². The topological polar surface area (TPSA) is 37.9 Å². The minimum atomic E-state index is 0.768. The van der Waals surface area contributed by atoms with Gasteiger partial charge in [-0.3, -0.25) is 0 Å². The van der Waals surface area contributed by atoms with Gasteiger partial charge in [0.2, 0.25) is 0 Å². The number of fused-ring (bicyclic) bond motifs is 1. The first-order chi connectivity index (χ1) is 16.5. The van der Waals surface area contributed by atoms with E-state index in [9.17, 15) is 0 Å². The second-order valence-electron chi connectivity index (χ2n) is 9.20. The van der Waals surface area contributed by atoms with E-state index in [0.29, 0.717) is 0 Å². The Kier molecular flexibility index (Phi) is 6.77. The quantitative estimate of drug-likeness (QED) is 0.538. The number of piperazine rings is 2. The van der Waals surface area contributed by atoms with Crippen LogP contribution in [-0.2, 0) is 0 Å². The number of halogens is 1. The first-order valence-corrected chi connectivity index (χ1v) is 12.7. The highest BCUT2D eigenvalue weighted by molar-refractivity contribution is 7.80. The summed E-state index contributed by atoms with van der Waals surface area (Å²) in [6, 6.07) is 16.6. The van der Waals surface area contributed by atoms with Gasteiger partial charge in [-0.25, -0.2) is 4.98 Å². The molecule has 2 fully saturated rings. The third-order valence-corrected chi connectivity index (χ3v) is 7.45. The number of benzene rings is 2. The van der Waals surface area contributed by atoms with E-state index in [1.807, 2.05) is 12.1 Å². The number of hydrogen-bond donors (Lipinski definition) is 1. The van der Waals surface area contributed by atoms with Crippen molar-refractivity contribution in [3.63, 3.8) is 0 Å². The van der Waals surface area contributed by atoms with E-state index in [1.54, 1.807) is 0 Å². The maximum atomic E-state index is 6.03. The molecule has 3 heterocycles. The zero-order valence-electron chi connectivity index (χ0n) is 19.8. The number of hydrogen-bond acceptors (Lipinski definition) is 5. The predicted molar refractivity (Wildman–Crippen MR) is 148 cm³/mol. The fourth-order valence-corrected chi connectivity index (χ4v) is 5.10. The molecule has 2 aliphatic heterocycles. The highest BCUT2D eigenvalue weighted by Crippen LogP contribution is 2.26. The number of aryl methyl sites for hydroxylation is 1. The highest BCUT2D eigenvalue weighted by Gasteiger charge is 2.20. The Hall–Kier alpha value is -2.61. The third-order valence-electron chi connectivity index (χ3n) is 6.84. The minimum absolute atomic E-state index is 0.768. The molecule has 3 aromatic rings. The fourth-order valence-electron chi connectivity index (χ4n) is 4.67. The van der Waals surface area contributed by atoms with Gasteiger partial charge in [-0.05, 0) is 80.3 Å². The van der Waals surface area contributed by atoms with Gasteiger partial charge in [0.15, 0.2) is 5.11 Å². The van der Waals surface area contributed by atoms with Crippen molar-refractivity contribution in [3.8, 4) is 0 Å². The van der Waals surface area contributed by atoms with E-state index >= 15 is 0 Å². The molecule has 0 saturated carbocycles. The normalized spacial score (nSPS) is 17.3. The average molecular weight is 495 g/mol. The third kappa shape index (κ3) is 5.06. The largest absolute Gasteiger partial charge is 0.368 e. The monoisotopic (exact) mass is 494 g/mol. The van der Waals surface area contributed by atoms with Crippen molar-refractivity contribution >= 4 is 57.0 Å². The van der Waals surface area contributed by atoms with Crippen LogP contribution in [0.15, 0.2) is 48.5 Å². The van der Waals surface area contributed by atoms with Gasteiger partial charge < -0.3 is 24.9 Å². The first kappa shape index (κ1) is 23.1. The summed E-state index contributed by atoms with van der Waals surface area (Å²) in [5, 5.41) is 6.16. The summed E-state index contributed by atoms with van der Waals surface area (Å²) in [7, 11) is 2.18. The summed E-state index contributed by atoms with van der Waals surface area (Å²) in [4.78, 5) is 14.3. The molecule has 2 saturated heterocycles. The molecule has 0 atom stereocenters. The molecule has 8 heteroatoms. The van der Waals surface area contributed by atoms with E-state index in [4.69, 9.17) is 28.8 Å². The molecule has 178 valence electrons. The summed E-state index contributed by atoms with van der Waals surface area (Å²) in [5.41, 5.74) is 4.48. The van der Waals surface area contributed by atoms with Gasteiger partial charge >= 0.3 is 0 Å². The summed E-state index contributed by atoms with van der Waals surface area (Å²) in [5.74, 6) is 1.08. The summed E-state index contributed by atoms with van der Waals surface area (Å²) >= 11 is 11.8. The van der Waals surface area contributed by atoms with E-state index in [2.05, 4.69) is 75.3 Å². The number of thiocarbonyl (C=S) groups is 1. The zero-order chi connectivity index (χ0) is 23.7. The minimum Gasteiger partial charge on any atom is -0.368 e. The number of nitrogens with one attached hydrogen (secondary N) is 1. The first-order valence-electron chi connectivity index (χ1n) is 11.9. The van der Waals surface area contributed by atoms with Crippen LogP contribution >= 0.6 is 23.8 Å². The molecule has 34 heavy (non-hydrogen) atoms. The lowest BCUT2D eigenvalue weighted by Crippen LogP contribution is -2.50. The molecule has 0 spiro atoms. The average Bonchev–Trinajstić information content (AvgIpc) is 2.85. The summed E-state index contributed by atoms with van der Waals surface area (Å²) in [6.07, 6.45) is 0. The molecule has 1 N–H and O–H groups in total. The Morgan fingerprint density at radius 3 is 2.26 bits per heavy atom. The summed E-state index contributed by atoms with van der Waals surface area (Å²) in [6.45, 7) is 10.00. The standard InChI is InChI=1S/C26H31ClN6S/c1-19-17-25(32-11-9-30(2)10-12-32)29-24-8-5-21(18-23(19)24)28-26(34)33-15-13-31(14-16-33)22-6-3-20(27)4-7-22/h3-8,17-18H,9-16H2,1-2H3,(H,28,34). The van der Waals surface area contributed by atoms with Crippen LogP contribution < -0.4 is 15.1 Å². The van der Waals surface area contributed by atoms with E-state index in [1.165, 1.54) is 16.6 Å². The van der Waals surface area contributed by atoms with Crippen LogP contribution in [0.5, 0.6) is 0 Å². The molecule has 1 aromatic heterocycles. The smallest absolute Gasteiger partial charge is 0.173 e. The molecule has 6 nitrogen and oxygen atoms in total. The lowest BCUT2D eigenvalue weighted by atomic mass is 10.1. The number of likely N-dealkylation sites (N-methyl/N-ethyl adjacent to an activating group) is 1. The fraction of sp³-hybridized carbons (Fsp3) is 0.385. The van der Waals surface area contributed by atoms with Crippen molar-refractivity contribution in [3.05, 3.63) is 59.1 Å². The zero-order valence-corrected chi connectivity index (χ0v) is 21.4. The van der Waals surface area contributed by atoms with Gasteiger partial charge in [0, 0.05) is 74.1 Å². The van der Waals surface area contributed by atoms with Gasteiger partial charge in [-0.1, -0.05) is 11.6 Å². The van der Waals surface area contributed by atoms with Crippen LogP contribution in [0.3, 0.4) is 0 Å². The van der Waals surface area contributed by atoms with Crippen molar-refractivity contribution in [1.82, 2.24) is 14.8 Å². The van der Waals surface area contributed by atoms with E-state index in [0.717, 1.165) is 79.5 Å². The van der Waals surface area contributed by atoms with Crippen LogP contribution in [0.25, 0.3) is 10.9 Å². The lowest BCUT2D eigenvalue weighted by Gasteiger charge is -2.37. The van der Waals surface area contributed by atoms with Crippen molar-refractivity contribution in [2.45, 2.75) is 6.92 Å². The number of anilines is 3. The highest BCUT2D eigenvalue weighted by atomic mass is 35.5. The summed E-state index contributed by atoms with van der Waals surface area (Å²) < 4.78 is 0. The number of rotatable bonds is 3. The van der Waals surface area contributed by atoms with Crippen LogP contribution in [0.4, 0.5) is 17.2 Å². The number of aromatic nitrogens is 1. The van der Waals surface area contributed by atoms with Crippen LogP contribution in [-0.4, -0.2) is 79.3 Å². The van der Waals surface area contributed by atoms with Crippen molar-refractivity contribution in [1.29, 1.82) is 0 Å². The van der Waals surface area contributed by atoms with Crippen LogP contribution in [0.2, 0.25) is 5.02 Å². The SMILES string of the molecule is Cc1cc(N2CCN(C)CC2)nc2ccc(NC(=S)N3CCN(c4ccc(Cl)cc4)CC3)cc12. The maximum Gasteiger partial charge on any atom is 0.173 e. The second-order valence-corrected chi connectivity index (χ2v) is 10.0. The molecule has 2 aromatic carbocycles. The predicted octanol–water partition coefficient (Wildman–Crippen LogP) is 4.47. The number of nitrogens with zero attached hydrogens (tertiary/aromatic N) is 5. The van der Waals surface area contributed by atoms with E-state index in [-0.39, 0.29) is 0 Å². The number of pyridine rings is 1. The Balaban J connectivity index is 1.23. The molecular formula is C26H31ClN6S. The molecule has 0 bridgehead atoms. The Bertz CT molecular complexity index is 1170. The van der Waals surface area contributed by atoms with Crippen molar-refractivity contribution < 1.29 is 0 Å². The van der Waals surface area contributed by atoms with E-state index < -0.39 is 0 Å². The Morgan fingerprint density at radius 1 is 0.882 bits per heavy atom. The van der Waals surface area contributed by atoms with Crippen molar-refractivity contribution in [2.75, 3.05) is 74.5 Å². The van der Waals surface area contributed by atoms with Gasteiger partial charge in [0.1, 0.15) is 5.82 Å². The molecule has 0 unspecified atom stereocenters.